The Morgan fingerprint density at radius 3 is 1.48 bits per heavy atom. The van der Waals surface area contributed by atoms with E-state index in [1.165, 1.54) is 99.6 Å². The van der Waals surface area contributed by atoms with Gasteiger partial charge in [-0.2, -0.15) is 13.7 Å². The van der Waals surface area contributed by atoms with Crippen LogP contribution in [-0.2, 0) is 18.9 Å². The molecule has 6 atom stereocenters. The van der Waals surface area contributed by atoms with Crippen molar-refractivity contribution in [1.82, 2.24) is 4.98 Å². The number of aromatic nitrogens is 3. The fourth-order valence-corrected chi connectivity index (χ4v) is 12.3. The number of aliphatic carboxylic acids is 1. The summed E-state index contributed by atoms with van der Waals surface area (Å²) >= 11 is 0. The van der Waals surface area contributed by atoms with Crippen molar-refractivity contribution in [2.75, 3.05) is 43.0 Å². The van der Waals surface area contributed by atoms with Crippen molar-refractivity contribution in [1.29, 1.82) is 0 Å². The molecule has 3 aromatic heterocycles. The molecule has 0 aliphatic carbocycles. The van der Waals surface area contributed by atoms with Gasteiger partial charge >= 0.3 is 11.9 Å². The van der Waals surface area contributed by atoms with Crippen molar-refractivity contribution in [2.24, 2.45) is 49.6 Å². The van der Waals surface area contributed by atoms with Gasteiger partial charge in [-0.05, 0) is 108 Å². The van der Waals surface area contributed by atoms with Gasteiger partial charge in [0.2, 0.25) is 11.4 Å². The highest BCUT2D eigenvalue weighted by Crippen LogP contribution is 2.38. The number of carboxylic acid groups (broad SMARTS) is 2. The number of aryl methyl sites for hydroxylation is 1. The molecule has 0 saturated carbocycles. The SMILES string of the molecule is C=C1C(CCCC)CN(c2ccc(/C=C/c3cc(-c4cc(/C=C/c5ccc(N6CC(CCCC)C(=C)C(CCCC)C6)cc5)cc[n+]4C)nc(-c4cc(C(=O)O)cc(C5=CC(C(=O)O)C(C)C=[N+]5C)[n+]4C)c3)cc2)CC1CCCC. The van der Waals surface area contributed by atoms with Crippen LogP contribution < -0.4 is 18.9 Å². The van der Waals surface area contributed by atoms with Gasteiger partial charge in [0.05, 0.1) is 17.4 Å². The average molecular weight is 1080 g/mol. The lowest BCUT2D eigenvalue weighted by Gasteiger charge is -2.41. The van der Waals surface area contributed by atoms with Crippen LogP contribution in [0.25, 0.3) is 52.8 Å². The van der Waals surface area contributed by atoms with Crippen LogP contribution in [0.15, 0.2) is 122 Å². The maximum Gasteiger partial charge on any atom is 0.336 e. The number of piperidine rings is 2. The molecule has 420 valence electrons. The van der Waals surface area contributed by atoms with Gasteiger partial charge in [-0.3, -0.25) is 4.79 Å². The van der Waals surface area contributed by atoms with Gasteiger partial charge in [-0.25, -0.2) is 9.78 Å². The third kappa shape index (κ3) is 14.2. The number of pyridine rings is 3. The Balaban J connectivity index is 1.14. The lowest BCUT2D eigenvalue weighted by Crippen LogP contribution is -2.42. The van der Waals surface area contributed by atoms with Gasteiger partial charge in [0.25, 0.3) is 11.4 Å². The summed E-state index contributed by atoms with van der Waals surface area (Å²) in [5.41, 5.74) is 13.5. The molecular weight excluding hydrogens is 989 g/mol. The smallest absolute Gasteiger partial charge is 0.336 e. The van der Waals surface area contributed by atoms with E-state index >= 15 is 0 Å². The third-order valence-electron chi connectivity index (χ3n) is 17.3. The predicted octanol–water partition coefficient (Wildman–Crippen LogP) is 14.5. The lowest BCUT2D eigenvalue weighted by atomic mass is 9.79. The Bertz CT molecular complexity index is 3110. The molecule has 3 aliphatic heterocycles. The first-order valence-electron chi connectivity index (χ1n) is 29.9. The Morgan fingerprint density at radius 2 is 1.02 bits per heavy atom. The minimum absolute atomic E-state index is 0.0727. The largest absolute Gasteiger partial charge is 0.481 e. The number of hydrogen-bond donors (Lipinski definition) is 2. The van der Waals surface area contributed by atoms with Crippen LogP contribution in [0.2, 0.25) is 0 Å². The van der Waals surface area contributed by atoms with E-state index < -0.39 is 17.9 Å². The van der Waals surface area contributed by atoms with E-state index in [0.29, 0.717) is 52.1 Å². The molecule has 10 nitrogen and oxygen atoms in total. The van der Waals surface area contributed by atoms with Crippen LogP contribution in [0.1, 0.15) is 150 Å². The summed E-state index contributed by atoms with van der Waals surface area (Å²) in [7, 11) is 5.77. The average Bonchev–Trinajstić information content (AvgIpc) is 3.45. The highest BCUT2D eigenvalue weighted by atomic mass is 16.4. The minimum atomic E-state index is -1.09. The number of anilines is 2. The van der Waals surface area contributed by atoms with Crippen LogP contribution in [0.4, 0.5) is 11.4 Å². The van der Waals surface area contributed by atoms with Gasteiger partial charge in [0.1, 0.15) is 38.7 Å². The van der Waals surface area contributed by atoms with Gasteiger partial charge in [0, 0.05) is 67.9 Å². The van der Waals surface area contributed by atoms with E-state index in [1.54, 1.807) is 18.2 Å². The summed E-state index contributed by atoms with van der Waals surface area (Å²) in [4.78, 5) is 35.9. The van der Waals surface area contributed by atoms with Crippen molar-refractivity contribution in [2.45, 2.75) is 112 Å². The second kappa shape index (κ2) is 27.3. The monoisotopic (exact) mass is 1080 g/mol. The lowest BCUT2D eigenvalue weighted by molar-refractivity contribution is -0.667. The summed E-state index contributed by atoms with van der Waals surface area (Å²) in [6.45, 7) is 24.3. The van der Waals surface area contributed by atoms with Gasteiger partial charge in [0.15, 0.2) is 6.20 Å². The summed E-state index contributed by atoms with van der Waals surface area (Å²) in [5, 5.41) is 20.8. The van der Waals surface area contributed by atoms with Crippen molar-refractivity contribution in [3.63, 3.8) is 0 Å². The highest BCUT2D eigenvalue weighted by Gasteiger charge is 2.37. The molecule has 0 bridgehead atoms. The van der Waals surface area contributed by atoms with Crippen molar-refractivity contribution in [3.05, 3.63) is 155 Å². The van der Waals surface area contributed by atoms with Gasteiger partial charge < -0.3 is 20.0 Å². The zero-order valence-electron chi connectivity index (χ0n) is 49.2. The van der Waals surface area contributed by atoms with Gasteiger partial charge in [-0.15, -0.1) is 0 Å². The van der Waals surface area contributed by atoms with E-state index in [9.17, 15) is 19.8 Å². The maximum absolute atomic E-state index is 12.9. The van der Waals surface area contributed by atoms with E-state index in [-0.39, 0.29) is 11.5 Å². The Kier molecular flexibility index (Phi) is 20.1. The molecule has 0 spiro atoms. The van der Waals surface area contributed by atoms with Crippen molar-refractivity contribution in [3.8, 4) is 22.8 Å². The Labute approximate surface area is 478 Å². The quantitative estimate of drug-likeness (QED) is 0.0496. The van der Waals surface area contributed by atoms with Crippen molar-refractivity contribution < 1.29 is 33.5 Å². The number of unbranched alkanes of at least 4 members (excludes halogenated alkanes) is 4. The summed E-state index contributed by atoms with van der Waals surface area (Å²) in [6, 6.07) is 29.5. The minimum Gasteiger partial charge on any atom is -0.481 e. The molecule has 2 N–H and O–H groups in total. The second-order valence-electron chi connectivity index (χ2n) is 23.2. The molecule has 3 aliphatic rings. The molecule has 2 saturated heterocycles. The number of carbonyl (C=O) groups is 2. The number of nitrogens with zero attached hydrogens (tertiary/aromatic N) is 6. The van der Waals surface area contributed by atoms with E-state index in [0.717, 1.165) is 54.1 Å². The maximum atomic E-state index is 12.9. The van der Waals surface area contributed by atoms with Crippen LogP contribution in [0, 0.1) is 35.5 Å². The van der Waals surface area contributed by atoms with Crippen LogP contribution in [-0.4, -0.2) is 71.2 Å². The first-order valence-corrected chi connectivity index (χ1v) is 29.9. The summed E-state index contributed by atoms with van der Waals surface area (Å²) in [6.07, 6.45) is 28.7. The van der Waals surface area contributed by atoms with Crippen LogP contribution in [0.3, 0.4) is 0 Å². The number of benzene rings is 2. The molecule has 5 aromatic rings. The van der Waals surface area contributed by atoms with E-state index in [1.807, 2.05) is 49.5 Å². The Hall–Kier alpha value is -7.20. The van der Waals surface area contributed by atoms with Crippen molar-refractivity contribution >= 4 is 59.5 Å². The van der Waals surface area contributed by atoms with E-state index in [2.05, 4.69) is 152 Å². The van der Waals surface area contributed by atoms with Crippen LogP contribution >= 0.6 is 0 Å². The zero-order valence-corrected chi connectivity index (χ0v) is 49.2. The highest BCUT2D eigenvalue weighted by molar-refractivity contribution is 5.90. The molecule has 6 heterocycles. The third-order valence-corrected chi connectivity index (χ3v) is 17.3. The Morgan fingerprint density at radius 1 is 0.588 bits per heavy atom. The second-order valence-corrected chi connectivity index (χ2v) is 23.2. The molecule has 2 aromatic carbocycles. The molecule has 2 fully saturated rings. The number of hydrogen-bond acceptors (Lipinski definition) is 5. The molecule has 8 rings (SSSR count). The molecular formula is C70H89N6O4+3. The van der Waals surface area contributed by atoms with Gasteiger partial charge in [-0.1, -0.05) is 159 Å². The molecule has 0 radical (unpaired) electrons. The first-order chi connectivity index (χ1) is 38.6. The van der Waals surface area contributed by atoms with E-state index in [4.69, 9.17) is 4.98 Å². The molecule has 0 amide bonds. The zero-order chi connectivity index (χ0) is 57.0. The summed E-state index contributed by atoms with van der Waals surface area (Å²) < 4.78 is 5.88. The fraction of sp³-hybridized carbons (Fsp3) is 0.429. The summed E-state index contributed by atoms with van der Waals surface area (Å²) in [5.74, 6) is -0.973. The first kappa shape index (κ1) is 58.9. The normalized spacial score (nSPS) is 20.6. The number of rotatable bonds is 23. The standard InChI is InChI=1S/C70H87N6O4/c1-11-15-19-55-44-75(45-56(49(55)6)20-16-12-2)60-31-27-51(28-32-60)23-25-53-35-36-72(8)65(39-53)63-37-54(26-24-52-29-33-61(34-30-52)76-46-57(21-17-13-3)50(7)58(47-76)22-18-14-4)38-64(71-63)66-40-59(69(77)78)41-68(74(66)10)67-42-62(70(79)80)48(5)43-73(67)9/h23-43,48,55-58,62H,6-7,11-22,44-47H2,1-5,8-10H3/q+1/p+2/b26-24+. The van der Waals surface area contributed by atoms with Crippen LogP contribution in [0.5, 0.6) is 0 Å². The number of aromatic carboxylic acids is 1. The molecule has 10 heteroatoms. The predicted molar refractivity (Wildman–Crippen MR) is 330 cm³/mol. The fourth-order valence-electron chi connectivity index (χ4n) is 12.3. The molecule has 80 heavy (non-hydrogen) atoms. The number of carboxylic acids is 2. The molecule has 6 unspecified atom stereocenters. The topological polar surface area (TPSA) is 105 Å².